The smallest absolute Gasteiger partial charge is 0.372 e. The van der Waals surface area contributed by atoms with Gasteiger partial charge in [-0.2, -0.15) is 13.2 Å². The molecule has 1 heterocycles. The Morgan fingerprint density at radius 1 is 1.35 bits per heavy atom. The molecule has 20 heavy (non-hydrogen) atoms. The second-order valence-electron chi connectivity index (χ2n) is 4.83. The van der Waals surface area contributed by atoms with Crippen LogP contribution in [0, 0.1) is 13.8 Å². The van der Waals surface area contributed by atoms with Crippen molar-refractivity contribution in [2.45, 2.75) is 45.8 Å². The predicted molar refractivity (Wildman–Crippen MR) is 76.3 cm³/mol. The Labute approximate surface area is 122 Å². The third-order valence-corrected chi connectivity index (χ3v) is 3.89. The predicted octanol–water partition coefficient (Wildman–Crippen LogP) is 4.37. The molecule has 0 saturated carbocycles. The molecule has 0 aromatic carbocycles. The number of hydrogen-bond donors (Lipinski definition) is 1. The third-order valence-electron chi connectivity index (χ3n) is 2.91. The molecule has 1 rings (SSSR count). The average molecular weight is 309 g/mol. The highest BCUT2D eigenvalue weighted by Gasteiger charge is 2.27. The maximum absolute atomic E-state index is 12.0. The van der Waals surface area contributed by atoms with E-state index in [2.05, 4.69) is 18.3 Å². The summed E-state index contributed by atoms with van der Waals surface area (Å²) >= 11 is 1.71. The van der Waals surface area contributed by atoms with Gasteiger partial charge in [0, 0.05) is 22.4 Å². The Morgan fingerprint density at radius 2 is 2.05 bits per heavy atom. The first-order valence-corrected chi connectivity index (χ1v) is 7.60. The Morgan fingerprint density at radius 3 is 2.55 bits per heavy atom. The van der Waals surface area contributed by atoms with Gasteiger partial charge in [-0.05, 0) is 44.9 Å². The largest absolute Gasteiger partial charge is 0.411 e. The van der Waals surface area contributed by atoms with Crippen molar-refractivity contribution in [2.24, 2.45) is 0 Å². The first-order valence-electron chi connectivity index (χ1n) is 6.78. The molecule has 0 aliphatic rings. The topological polar surface area (TPSA) is 21.3 Å². The molecule has 1 atom stereocenters. The highest BCUT2D eigenvalue weighted by molar-refractivity contribution is 7.12. The van der Waals surface area contributed by atoms with Crippen molar-refractivity contribution >= 4 is 11.3 Å². The zero-order chi connectivity index (χ0) is 15.2. The van der Waals surface area contributed by atoms with E-state index in [1.54, 1.807) is 11.3 Å². The number of thiophene rings is 1. The van der Waals surface area contributed by atoms with Crippen LogP contribution < -0.4 is 5.32 Å². The lowest BCUT2D eigenvalue weighted by atomic mass is 10.0. The lowest BCUT2D eigenvalue weighted by Gasteiger charge is -2.19. The van der Waals surface area contributed by atoms with Gasteiger partial charge in [0.05, 0.1) is 0 Å². The van der Waals surface area contributed by atoms with Gasteiger partial charge in [0.2, 0.25) is 0 Å². The van der Waals surface area contributed by atoms with E-state index < -0.39 is 12.8 Å². The SMILES string of the molecule is CCCNC(CCOCC(F)(F)F)c1cc(C)sc1C. The molecule has 6 heteroatoms. The highest BCUT2D eigenvalue weighted by Crippen LogP contribution is 2.28. The quantitative estimate of drug-likeness (QED) is 0.720. The van der Waals surface area contributed by atoms with E-state index in [1.807, 2.05) is 13.8 Å². The molecule has 2 nitrogen and oxygen atoms in total. The number of alkyl halides is 3. The Bertz CT molecular complexity index is 404. The van der Waals surface area contributed by atoms with Gasteiger partial charge >= 0.3 is 6.18 Å². The number of rotatable bonds is 8. The van der Waals surface area contributed by atoms with Crippen molar-refractivity contribution < 1.29 is 17.9 Å². The van der Waals surface area contributed by atoms with Crippen LogP contribution in [0.25, 0.3) is 0 Å². The van der Waals surface area contributed by atoms with Gasteiger partial charge < -0.3 is 10.1 Å². The Kier molecular flexibility index (Phi) is 6.99. The van der Waals surface area contributed by atoms with Crippen LogP contribution >= 0.6 is 11.3 Å². The van der Waals surface area contributed by atoms with Gasteiger partial charge in [0.1, 0.15) is 6.61 Å². The summed E-state index contributed by atoms with van der Waals surface area (Å²) in [5.41, 5.74) is 1.18. The lowest BCUT2D eigenvalue weighted by Crippen LogP contribution is -2.25. The first kappa shape index (κ1) is 17.5. The van der Waals surface area contributed by atoms with E-state index in [4.69, 9.17) is 4.74 Å². The highest BCUT2D eigenvalue weighted by atomic mass is 32.1. The molecular formula is C14H22F3NOS. The average Bonchev–Trinajstić information content (AvgIpc) is 2.66. The Balaban J connectivity index is 2.54. The third kappa shape index (κ3) is 6.24. The molecule has 116 valence electrons. The molecule has 1 aromatic heterocycles. The van der Waals surface area contributed by atoms with E-state index >= 15 is 0 Å². The molecule has 1 aromatic rings. The molecule has 0 aliphatic carbocycles. The van der Waals surface area contributed by atoms with E-state index in [0.717, 1.165) is 13.0 Å². The molecule has 0 saturated heterocycles. The minimum absolute atomic E-state index is 0.0631. The summed E-state index contributed by atoms with van der Waals surface area (Å²) in [5.74, 6) is 0. The molecule has 1 N–H and O–H groups in total. The summed E-state index contributed by atoms with van der Waals surface area (Å²) in [6, 6.07) is 2.17. The standard InChI is InChI=1S/C14H22F3NOS/c1-4-6-18-13(5-7-19-9-14(15,16)17)12-8-10(2)20-11(12)3/h8,13,18H,4-7,9H2,1-3H3. The van der Waals surface area contributed by atoms with Crippen molar-refractivity contribution in [3.8, 4) is 0 Å². The van der Waals surface area contributed by atoms with Gasteiger partial charge in [-0.1, -0.05) is 6.92 Å². The fraction of sp³-hybridized carbons (Fsp3) is 0.714. The van der Waals surface area contributed by atoms with Crippen LogP contribution in [0.4, 0.5) is 13.2 Å². The Hall–Kier alpha value is -0.590. The monoisotopic (exact) mass is 309 g/mol. The fourth-order valence-electron chi connectivity index (χ4n) is 2.07. The zero-order valence-electron chi connectivity index (χ0n) is 12.1. The summed E-state index contributed by atoms with van der Waals surface area (Å²) in [5, 5.41) is 3.38. The molecule has 0 bridgehead atoms. The maximum Gasteiger partial charge on any atom is 0.411 e. The van der Waals surface area contributed by atoms with Gasteiger partial charge in [-0.25, -0.2) is 0 Å². The van der Waals surface area contributed by atoms with E-state index in [0.29, 0.717) is 6.42 Å². The summed E-state index contributed by atoms with van der Waals surface area (Å²) in [6.07, 6.45) is -2.71. The van der Waals surface area contributed by atoms with Gasteiger partial charge in [0.25, 0.3) is 0 Å². The number of halogens is 3. The minimum atomic E-state index is -4.25. The number of ether oxygens (including phenoxy) is 1. The maximum atomic E-state index is 12.0. The number of hydrogen-bond acceptors (Lipinski definition) is 3. The van der Waals surface area contributed by atoms with E-state index in [1.165, 1.54) is 15.3 Å². The molecular weight excluding hydrogens is 287 g/mol. The molecule has 0 spiro atoms. The first-order chi connectivity index (χ1) is 9.33. The second kappa shape index (κ2) is 8.00. The molecule has 0 aliphatic heterocycles. The van der Waals surface area contributed by atoms with Crippen LogP contribution in [-0.4, -0.2) is 25.9 Å². The fourth-order valence-corrected chi connectivity index (χ4v) is 3.06. The van der Waals surface area contributed by atoms with Crippen molar-refractivity contribution in [3.05, 3.63) is 21.4 Å². The van der Waals surface area contributed by atoms with Crippen LogP contribution in [-0.2, 0) is 4.74 Å². The summed E-state index contributed by atoms with van der Waals surface area (Å²) in [4.78, 5) is 2.43. The van der Waals surface area contributed by atoms with E-state index in [9.17, 15) is 13.2 Å². The number of nitrogens with one attached hydrogen (secondary N) is 1. The van der Waals surface area contributed by atoms with Crippen molar-refractivity contribution in [2.75, 3.05) is 19.8 Å². The zero-order valence-corrected chi connectivity index (χ0v) is 13.0. The summed E-state index contributed by atoms with van der Waals surface area (Å²) < 4.78 is 40.8. The van der Waals surface area contributed by atoms with Crippen LogP contribution in [0.2, 0.25) is 0 Å². The van der Waals surface area contributed by atoms with Crippen molar-refractivity contribution in [1.29, 1.82) is 0 Å². The van der Waals surface area contributed by atoms with Crippen molar-refractivity contribution in [1.82, 2.24) is 5.32 Å². The van der Waals surface area contributed by atoms with Gasteiger partial charge in [0.15, 0.2) is 0 Å². The van der Waals surface area contributed by atoms with Crippen LogP contribution in [0.15, 0.2) is 6.07 Å². The minimum Gasteiger partial charge on any atom is -0.372 e. The lowest BCUT2D eigenvalue weighted by molar-refractivity contribution is -0.174. The molecule has 0 radical (unpaired) electrons. The van der Waals surface area contributed by atoms with E-state index in [-0.39, 0.29) is 12.6 Å². The van der Waals surface area contributed by atoms with Crippen LogP contribution in [0.3, 0.4) is 0 Å². The molecule has 0 fully saturated rings. The van der Waals surface area contributed by atoms with Crippen LogP contribution in [0.1, 0.15) is 41.1 Å². The summed E-state index contributed by atoms with van der Waals surface area (Å²) in [7, 11) is 0. The second-order valence-corrected chi connectivity index (χ2v) is 6.29. The van der Waals surface area contributed by atoms with Crippen molar-refractivity contribution in [3.63, 3.8) is 0 Å². The molecule has 1 unspecified atom stereocenters. The normalized spacial score (nSPS) is 13.7. The summed E-state index contributed by atoms with van der Waals surface area (Å²) in [6.45, 7) is 5.93. The number of aryl methyl sites for hydroxylation is 2. The van der Waals surface area contributed by atoms with Gasteiger partial charge in [-0.15, -0.1) is 11.3 Å². The van der Waals surface area contributed by atoms with Crippen LogP contribution in [0.5, 0.6) is 0 Å². The van der Waals surface area contributed by atoms with Gasteiger partial charge in [-0.3, -0.25) is 0 Å². The molecule has 0 amide bonds.